The van der Waals surface area contributed by atoms with E-state index in [1.54, 1.807) is 0 Å². The molecule has 1 unspecified atom stereocenters. The van der Waals surface area contributed by atoms with Crippen molar-refractivity contribution < 1.29 is 37.0 Å². The minimum atomic E-state index is -4.88. The summed E-state index contributed by atoms with van der Waals surface area (Å²) in [6.45, 7) is 3.02. The van der Waals surface area contributed by atoms with E-state index < -0.39 is 41.4 Å². The zero-order valence-electron chi connectivity index (χ0n) is 15.7. The average molecular weight is 424 g/mol. The van der Waals surface area contributed by atoms with Crippen molar-refractivity contribution in [1.29, 1.82) is 0 Å². The number of amides is 1. The zero-order chi connectivity index (χ0) is 22.4. The first-order valence-electron chi connectivity index (χ1n) is 8.64. The fourth-order valence-corrected chi connectivity index (χ4v) is 3.33. The van der Waals surface area contributed by atoms with Crippen molar-refractivity contribution in [2.24, 2.45) is 5.73 Å². The molecule has 158 valence electrons. The van der Waals surface area contributed by atoms with E-state index in [1.807, 2.05) is 0 Å². The van der Waals surface area contributed by atoms with Gasteiger partial charge in [0.25, 0.3) is 5.91 Å². The molecule has 30 heavy (non-hydrogen) atoms. The molecule has 0 saturated carbocycles. The second-order valence-corrected chi connectivity index (χ2v) is 6.66. The fourth-order valence-electron chi connectivity index (χ4n) is 3.33. The van der Waals surface area contributed by atoms with Crippen LogP contribution in [0, 0.1) is 12.7 Å². The van der Waals surface area contributed by atoms with Gasteiger partial charge in [-0.15, -0.1) is 13.2 Å². The number of benzene rings is 2. The number of rotatable bonds is 4. The normalized spacial score (nSPS) is 12.7. The van der Waals surface area contributed by atoms with Crippen LogP contribution in [0.1, 0.15) is 34.5 Å². The summed E-state index contributed by atoms with van der Waals surface area (Å²) < 4.78 is 55.9. The molecule has 10 heteroatoms. The number of ether oxygens (including phenoxy) is 1. The molecular formula is C20H16F4N2O4. The maximum atomic E-state index is 14.0. The van der Waals surface area contributed by atoms with Crippen LogP contribution in [0.2, 0.25) is 0 Å². The molecular weight excluding hydrogens is 408 g/mol. The lowest BCUT2D eigenvalue weighted by atomic mass is 9.97. The number of phenolic OH excluding ortho intramolecular Hbond substituents is 1. The van der Waals surface area contributed by atoms with Crippen molar-refractivity contribution in [2.45, 2.75) is 26.1 Å². The van der Waals surface area contributed by atoms with Gasteiger partial charge in [-0.25, -0.2) is 4.39 Å². The van der Waals surface area contributed by atoms with Crippen LogP contribution in [0.3, 0.4) is 0 Å². The van der Waals surface area contributed by atoms with Crippen molar-refractivity contribution in [3.63, 3.8) is 0 Å². The lowest BCUT2D eigenvalue weighted by Crippen LogP contribution is -2.20. The Labute approximate surface area is 167 Å². The minimum Gasteiger partial charge on any atom is -0.505 e. The fraction of sp³-hybridized carbons (Fsp3) is 0.200. The molecule has 0 bridgehead atoms. The quantitative estimate of drug-likeness (QED) is 0.620. The molecule has 0 aliphatic heterocycles. The molecule has 0 aliphatic rings. The topological polar surface area (TPSA) is 94.5 Å². The maximum absolute atomic E-state index is 14.0. The van der Waals surface area contributed by atoms with E-state index in [1.165, 1.54) is 13.8 Å². The van der Waals surface area contributed by atoms with Crippen molar-refractivity contribution in [2.75, 3.05) is 0 Å². The van der Waals surface area contributed by atoms with Gasteiger partial charge in [-0.2, -0.15) is 0 Å². The van der Waals surface area contributed by atoms with E-state index in [2.05, 4.69) is 4.74 Å². The molecule has 0 aliphatic carbocycles. The standard InChI is InChI=1S/C20H16F4N2O4/c1-9(18(25)28)17-10(2)26(15-8-14(21)16(27)7-13(15)17)19(29)11-3-5-12(6-4-11)30-20(22,23)24/h3-9,27H,1-2H3,(H2,25,28). The van der Waals surface area contributed by atoms with Gasteiger partial charge in [0.1, 0.15) is 5.75 Å². The number of hydrogen-bond acceptors (Lipinski definition) is 4. The van der Waals surface area contributed by atoms with Crippen LogP contribution in [-0.4, -0.2) is 27.9 Å². The SMILES string of the molecule is Cc1c(C(C)C(N)=O)c2cc(O)c(F)cc2n1C(=O)c1ccc(OC(F)(F)F)cc1. The van der Waals surface area contributed by atoms with E-state index >= 15 is 0 Å². The molecule has 0 saturated heterocycles. The van der Waals surface area contributed by atoms with Crippen LogP contribution in [0.5, 0.6) is 11.5 Å². The van der Waals surface area contributed by atoms with E-state index in [4.69, 9.17) is 5.73 Å². The molecule has 0 radical (unpaired) electrons. The Morgan fingerprint density at radius 1 is 1.17 bits per heavy atom. The highest BCUT2D eigenvalue weighted by atomic mass is 19.4. The Kier molecular flexibility index (Phi) is 5.19. The van der Waals surface area contributed by atoms with Gasteiger partial charge < -0.3 is 15.6 Å². The number of aromatic hydroxyl groups is 1. The Balaban J connectivity index is 2.15. The average Bonchev–Trinajstić information content (AvgIpc) is 2.91. The molecule has 2 aromatic carbocycles. The molecule has 1 heterocycles. The number of carbonyl (C=O) groups excluding carboxylic acids is 2. The summed E-state index contributed by atoms with van der Waals surface area (Å²) >= 11 is 0. The molecule has 3 rings (SSSR count). The van der Waals surface area contributed by atoms with Gasteiger partial charge in [-0.1, -0.05) is 0 Å². The number of phenols is 1. The van der Waals surface area contributed by atoms with Gasteiger partial charge in [0, 0.05) is 22.7 Å². The van der Waals surface area contributed by atoms with Crippen LogP contribution in [-0.2, 0) is 4.79 Å². The smallest absolute Gasteiger partial charge is 0.505 e. The second kappa shape index (κ2) is 7.36. The Morgan fingerprint density at radius 2 is 1.77 bits per heavy atom. The summed E-state index contributed by atoms with van der Waals surface area (Å²) in [5.74, 6) is -4.38. The molecule has 6 nitrogen and oxygen atoms in total. The van der Waals surface area contributed by atoms with Crippen LogP contribution in [0.4, 0.5) is 17.6 Å². The highest BCUT2D eigenvalue weighted by Gasteiger charge is 2.31. The molecule has 1 atom stereocenters. The summed E-state index contributed by atoms with van der Waals surface area (Å²) in [5.41, 5.74) is 6.07. The number of fused-ring (bicyclic) bond motifs is 1. The van der Waals surface area contributed by atoms with Crippen molar-refractivity contribution in [1.82, 2.24) is 4.57 Å². The van der Waals surface area contributed by atoms with E-state index in [9.17, 15) is 32.3 Å². The zero-order valence-corrected chi connectivity index (χ0v) is 15.7. The van der Waals surface area contributed by atoms with Gasteiger partial charge in [0.05, 0.1) is 11.4 Å². The third kappa shape index (κ3) is 3.80. The predicted octanol–water partition coefficient (Wildman–Crippen LogP) is 3.97. The molecule has 3 aromatic rings. The molecule has 0 fully saturated rings. The molecule has 3 N–H and O–H groups in total. The number of alkyl halides is 3. The number of nitrogens with zero attached hydrogens (tertiary/aromatic N) is 1. The van der Waals surface area contributed by atoms with Crippen LogP contribution in [0.25, 0.3) is 10.9 Å². The number of carbonyl (C=O) groups is 2. The number of primary amides is 1. The molecule has 0 spiro atoms. The van der Waals surface area contributed by atoms with Gasteiger partial charge >= 0.3 is 6.36 Å². The van der Waals surface area contributed by atoms with Gasteiger partial charge in [0.15, 0.2) is 11.6 Å². The number of nitrogens with two attached hydrogens (primary N) is 1. The van der Waals surface area contributed by atoms with Gasteiger partial charge in [-0.05, 0) is 49.7 Å². The summed E-state index contributed by atoms with van der Waals surface area (Å²) in [7, 11) is 0. The summed E-state index contributed by atoms with van der Waals surface area (Å²) in [6, 6.07) is 6.23. The first-order valence-corrected chi connectivity index (χ1v) is 8.64. The summed E-state index contributed by atoms with van der Waals surface area (Å²) in [5, 5.41) is 10.0. The van der Waals surface area contributed by atoms with E-state index in [0.717, 1.165) is 41.0 Å². The van der Waals surface area contributed by atoms with Crippen LogP contribution >= 0.6 is 0 Å². The third-order valence-corrected chi connectivity index (χ3v) is 4.72. The Bertz CT molecular complexity index is 1150. The monoisotopic (exact) mass is 424 g/mol. The second-order valence-electron chi connectivity index (χ2n) is 6.66. The van der Waals surface area contributed by atoms with Gasteiger partial charge in [-0.3, -0.25) is 14.2 Å². The first-order chi connectivity index (χ1) is 13.9. The Hall–Kier alpha value is -3.56. The highest BCUT2D eigenvalue weighted by Crippen LogP contribution is 2.36. The summed E-state index contributed by atoms with van der Waals surface area (Å²) in [4.78, 5) is 24.8. The molecule has 1 aromatic heterocycles. The van der Waals surface area contributed by atoms with Crippen molar-refractivity contribution >= 4 is 22.7 Å². The number of hydrogen-bond donors (Lipinski definition) is 2. The predicted molar refractivity (Wildman–Crippen MR) is 98.8 cm³/mol. The van der Waals surface area contributed by atoms with Crippen molar-refractivity contribution in [3.05, 3.63) is 59.0 Å². The molecule has 1 amide bonds. The largest absolute Gasteiger partial charge is 0.573 e. The van der Waals surface area contributed by atoms with Crippen LogP contribution < -0.4 is 10.5 Å². The Morgan fingerprint density at radius 3 is 2.30 bits per heavy atom. The number of aromatic nitrogens is 1. The van der Waals surface area contributed by atoms with E-state index in [0.29, 0.717) is 5.56 Å². The lowest BCUT2D eigenvalue weighted by molar-refractivity contribution is -0.274. The number of halogens is 4. The maximum Gasteiger partial charge on any atom is 0.573 e. The highest BCUT2D eigenvalue weighted by molar-refractivity contribution is 6.05. The van der Waals surface area contributed by atoms with E-state index in [-0.39, 0.29) is 22.2 Å². The van der Waals surface area contributed by atoms with Crippen LogP contribution in [0.15, 0.2) is 36.4 Å². The minimum absolute atomic E-state index is 0.00344. The summed E-state index contributed by atoms with van der Waals surface area (Å²) in [6.07, 6.45) is -4.88. The lowest BCUT2D eigenvalue weighted by Gasteiger charge is -2.11. The third-order valence-electron chi connectivity index (χ3n) is 4.72. The van der Waals surface area contributed by atoms with Crippen molar-refractivity contribution in [3.8, 4) is 11.5 Å². The first kappa shape index (κ1) is 21.2. The van der Waals surface area contributed by atoms with Gasteiger partial charge in [0.2, 0.25) is 5.91 Å².